The summed E-state index contributed by atoms with van der Waals surface area (Å²) in [7, 11) is 1.67. The molecule has 0 amide bonds. The molecule has 0 saturated carbocycles. The van der Waals surface area contributed by atoms with E-state index in [1.807, 2.05) is 12.1 Å². The fourth-order valence-electron chi connectivity index (χ4n) is 2.73. The summed E-state index contributed by atoms with van der Waals surface area (Å²) in [6.07, 6.45) is 0. The van der Waals surface area contributed by atoms with Crippen LogP contribution in [0.3, 0.4) is 0 Å². The average Bonchev–Trinajstić information content (AvgIpc) is 2.45. The van der Waals surface area contributed by atoms with Gasteiger partial charge in [0.15, 0.2) is 0 Å². The van der Waals surface area contributed by atoms with Crippen LogP contribution < -0.4 is 4.74 Å². The van der Waals surface area contributed by atoms with Crippen LogP contribution in [0.1, 0.15) is 52.7 Å². The zero-order valence-corrected chi connectivity index (χ0v) is 15.3. The highest BCUT2D eigenvalue weighted by atomic mass is 16.5. The van der Waals surface area contributed by atoms with Crippen LogP contribution in [0.25, 0.3) is 11.1 Å². The zero-order chi connectivity index (χ0) is 17.4. The van der Waals surface area contributed by atoms with E-state index >= 15 is 0 Å². The van der Waals surface area contributed by atoms with Crippen molar-refractivity contribution >= 4 is 0 Å². The lowest BCUT2D eigenvalue weighted by Crippen LogP contribution is -2.17. The lowest BCUT2D eigenvalue weighted by atomic mass is 9.78. The van der Waals surface area contributed by atoms with E-state index in [9.17, 15) is 5.11 Å². The molecule has 2 nitrogen and oxygen atoms in total. The largest absolute Gasteiger partial charge is 0.507 e. The highest BCUT2D eigenvalue weighted by Gasteiger charge is 2.26. The first-order valence-corrected chi connectivity index (χ1v) is 8.06. The molecule has 0 aliphatic rings. The Balaban J connectivity index is 2.68. The maximum Gasteiger partial charge on any atom is 0.123 e. The minimum atomic E-state index is -0.118. The van der Waals surface area contributed by atoms with Crippen molar-refractivity contribution in [3.63, 3.8) is 0 Å². The summed E-state index contributed by atoms with van der Waals surface area (Å²) in [6.45, 7) is 12.8. The molecule has 2 aromatic rings. The van der Waals surface area contributed by atoms with Gasteiger partial charge in [0.25, 0.3) is 0 Å². The molecule has 0 unspecified atom stereocenters. The van der Waals surface area contributed by atoms with Crippen LogP contribution in [0, 0.1) is 0 Å². The standard InChI is InChI=1S/C21H28O2/c1-20(2,3)17-12-15(13-18(19(17)22)21(4,5)6)14-8-10-16(23-7)11-9-14/h8-13,22H,1-7H3. The number of hydrogen-bond donors (Lipinski definition) is 1. The number of phenolic OH excluding ortho intramolecular Hbond substituents is 1. The molecule has 0 aromatic heterocycles. The number of phenols is 1. The topological polar surface area (TPSA) is 29.5 Å². The first-order chi connectivity index (χ1) is 10.5. The molecule has 0 saturated heterocycles. The van der Waals surface area contributed by atoms with Crippen molar-refractivity contribution in [2.24, 2.45) is 0 Å². The van der Waals surface area contributed by atoms with E-state index in [0.717, 1.165) is 28.0 Å². The van der Waals surface area contributed by atoms with Gasteiger partial charge in [0.05, 0.1) is 7.11 Å². The molecule has 124 valence electrons. The molecule has 2 rings (SSSR count). The smallest absolute Gasteiger partial charge is 0.123 e. The Labute approximate surface area is 140 Å². The van der Waals surface area contributed by atoms with Crippen LogP contribution >= 0.6 is 0 Å². The normalized spacial score (nSPS) is 12.3. The molecule has 0 bridgehead atoms. The third-order valence-electron chi connectivity index (χ3n) is 4.15. The minimum Gasteiger partial charge on any atom is -0.507 e. The van der Waals surface area contributed by atoms with E-state index in [4.69, 9.17) is 4.74 Å². The minimum absolute atomic E-state index is 0.118. The monoisotopic (exact) mass is 312 g/mol. The molecule has 2 heteroatoms. The van der Waals surface area contributed by atoms with Gasteiger partial charge in [-0.3, -0.25) is 0 Å². The van der Waals surface area contributed by atoms with Gasteiger partial charge >= 0.3 is 0 Å². The van der Waals surface area contributed by atoms with E-state index < -0.39 is 0 Å². The van der Waals surface area contributed by atoms with E-state index in [-0.39, 0.29) is 10.8 Å². The quantitative estimate of drug-likeness (QED) is 0.775. The molecular formula is C21H28O2. The van der Waals surface area contributed by atoms with Gasteiger partial charge in [-0.05, 0) is 46.2 Å². The molecule has 0 heterocycles. The van der Waals surface area contributed by atoms with Crippen LogP contribution in [-0.4, -0.2) is 12.2 Å². The summed E-state index contributed by atoms with van der Waals surface area (Å²) in [5.41, 5.74) is 3.98. The number of hydrogen-bond acceptors (Lipinski definition) is 2. The van der Waals surface area contributed by atoms with Gasteiger partial charge in [0.2, 0.25) is 0 Å². The molecule has 0 fully saturated rings. The van der Waals surface area contributed by atoms with Crippen molar-refractivity contribution < 1.29 is 9.84 Å². The second kappa shape index (κ2) is 5.92. The molecule has 23 heavy (non-hydrogen) atoms. The van der Waals surface area contributed by atoms with E-state index in [2.05, 4.69) is 65.8 Å². The molecule has 0 aliphatic heterocycles. The first-order valence-electron chi connectivity index (χ1n) is 8.06. The van der Waals surface area contributed by atoms with Gasteiger partial charge in [-0.25, -0.2) is 0 Å². The molecular weight excluding hydrogens is 284 g/mol. The van der Waals surface area contributed by atoms with Crippen LogP contribution in [-0.2, 0) is 10.8 Å². The van der Waals surface area contributed by atoms with Crippen LogP contribution in [0.5, 0.6) is 11.5 Å². The predicted octanol–water partition coefficient (Wildman–Crippen LogP) is 5.66. The Morgan fingerprint density at radius 3 is 1.52 bits per heavy atom. The second-order valence-corrected chi connectivity index (χ2v) is 8.15. The van der Waals surface area contributed by atoms with Crippen molar-refractivity contribution in [2.45, 2.75) is 52.4 Å². The average molecular weight is 312 g/mol. The van der Waals surface area contributed by atoms with Crippen molar-refractivity contribution in [3.8, 4) is 22.6 Å². The number of benzene rings is 2. The number of aromatic hydroxyl groups is 1. The number of ether oxygens (including phenoxy) is 1. The lowest BCUT2D eigenvalue weighted by Gasteiger charge is -2.28. The van der Waals surface area contributed by atoms with Gasteiger partial charge in [0, 0.05) is 11.1 Å². The Morgan fingerprint density at radius 2 is 1.17 bits per heavy atom. The first kappa shape index (κ1) is 17.4. The third kappa shape index (κ3) is 3.69. The molecule has 0 atom stereocenters. The SMILES string of the molecule is COc1ccc(-c2cc(C(C)(C)C)c(O)c(C(C)(C)C)c2)cc1. The van der Waals surface area contributed by atoms with Gasteiger partial charge in [-0.1, -0.05) is 53.7 Å². The van der Waals surface area contributed by atoms with E-state index in [1.165, 1.54) is 0 Å². The van der Waals surface area contributed by atoms with Gasteiger partial charge in [-0.15, -0.1) is 0 Å². The fraction of sp³-hybridized carbons (Fsp3) is 0.429. The van der Waals surface area contributed by atoms with Crippen molar-refractivity contribution in [1.29, 1.82) is 0 Å². The van der Waals surface area contributed by atoms with Crippen molar-refractivity contribution in [3.05, 3.63) is 47.5 Å². The zero-order valence-electron chi connectivity index (χ0n) is 15.3. The second-order valence-electron chi connectivity index (χ2n) is 8.15. The molecule has 0 radical (unpaired) electrons. The van der Waals surface area contributed by atoms with Crippen LogP contribution in [0.4, 0.5) is 0 Å². The maximum atomic E-state index is 10.8. The summed E-state index contributed by atoms with van der Waals surface area (Å²) in [5, 5.41) is 10.8. The summed E-state index contributed by atoms with van der Waals surface area (Å²) >= 11 is 0. The summed E-state index contributed by atoms with van der Waals surface area (Å²) in [5.74, 6) is 1.27. The van der Waals surface area contributed by atoms with Gasteiger partial charge in [-0.2, -0.15) is 0 Å². The van der Waals surface area contributed by atoms with E-state index in [0.29, 0.717) is 5.75 Å². The van der Waals surface area contributed by atoms with E-state index in [1.54, 1.807) is 7.11 Å². The van der Waals surface area contributed by atoms with Crippen LogP contribution in [0.15, 0.2) is 36.4 Å². The van der Waals surface area contributed by atoms with Crippen LogP contribution in [0.2, 0.25) is 0 Å². The Bertz CT molecular complexity index is 648. The highest BCUT2D eigenvalue weighted by Crippen LogP contribution is 2.42. The van der Waals surface area contributed by atoms with Crippen molar-refractivity contribution in [2.75, 3.05) is 7.11 Å². The van der Waals surface area contributed by atoms with Gasteiger partial charge in [0.1, 0.15) is 11.5 Å². The Hall–Kier alpha value is -1.96. The highest BCUT2D eigenvalue weighted by molar-refractivity contribution is 5.69. The lowest BCUT2D eigenvalue weighted by molar-refractivity contribution is 0.415. The number of methoxy groups -OCH3 is 1. The summed E-state index contributed by atoms with van der Waals surface area (Å²) in [4.78, 5) is 0. The molecule has 0 spiro atoms. The molecule has 1 N–H and O–H groups in total. The molecule has 0 aliphatic carbocycles. The van der Waals surface area contributed by atoms with Gasteiger partial charge < -0.3 is 9.84 Å². The summed E-state index contributed by atoms with van der Waals surface area (Å²) < 4.78 is 5.24. The maximum absolute atomic E-state index is 10.8. The predicted molar refractivity (Wildman–Crippen MR) is 97.5 cm³/mol. The Morgan fingerprint density at radius 1 is 0.739 bits per heavy atom. The number of rotatable bonds is 2. The Kier molecular flexibility index (Phi) is 4.48. The third-order valence-corrected chi connectivity index (χ3v) is 4.15. The fourth-order valence-corrected chi connectivity index (χ4v) is 2.73. The van der Waals surface area contributed by atoms with Crippen molar-refractivity contribution in [1.82, 2.24) is 0 Å². The molecule has 2 aromatic carbocycles. The summed E-state index contributed by atoms with van der Waals surface area (Å²) in [6, 6.07) is 12.3.